The van der Waals surface area contributed by atoms with Crippen LogP contribution in [0.1, 0.15) is 30.4 Å². The van der Waals surface area contributed by atoms with Crippen molar-refractivity contribution in [3.63, 3.8) is 0 Å². The van der Waals surface area contributed by atoms with Crippen LogP contribution in [-0.4, -0.2) is 44.3 Å². The predicted molar refractivity (Wildman–Crippen MR) is 148 cm³/mol. The highest BCUT2D eigenvalue weighted by atomic mass is 32.1. The van der Waals surface area contributed by atoms with Crippen molar-refractivity contribution in [2.45, 2.75) is 19.9 Å². The number of carbonyl (C=O) groups is 1. The first-order valence-electron chi connectivity index (χ1n) is 12.0. The normalized spacial score (nSPS) is 13.1. The fourth-order valence-corrected chi connectivity index (χ4v) is 4.98. The first-order chi connectivity index (χ1) is 18.2. The summed E-state index contributed by atoms with van der Waals surface area (Å²) in [5.74, 6) is 0.629. The Bertz CT molecular complexity index is 1670. The first kappa shape index (κ1) is 22.9. The van der Waals surface area contributed by atoms with Crippen LogP contribution < -0.4 is 5.32 Å². The zero-order valence-electron chi connectivity index (χ0n) is 20.1. The number of carbonyl (C=O) groups excluding carboxylic acids is 1. The number of benzene rings is 1. The Morgan fingerprint density at radius 3 is 2.86 bits per heavy atom. The van der Waals surface area contributed by atoms with E-state index in [9.17, 15) is 4.79 Å². The molecule has 0 aliphatic carbocycles. The summed E-state index contributed by atoms with van der Waals surface area (Å²) in [7, 11) is 0. The molecule has 0 spiro atoms. The molecule has 1 aliphatic heterocycles. The number of imidazole rings is 1. The van der Waals surface area contributed by atoms with Crippen LogP contribution in [-0.2, 0) is 11.3 Å². The molecule has 0 bridgehead atoms. The lowest BCUT2D eigenvalue weighted by molar-refractivity contribution is -0.115. The molecule has 0 saturated carbocycles. The van der Waals surface area contributed by atoms with Gasteiger partial charge < -0.3 is 10.3 Å². The van der Waals surface area contributed by atoms with Gasteiger partial charge in [0.05, 0.1) is 41.7 Å². The Kier molecular flexibility index (Phi) is 6.11. The molecule has 2 N–H and O–H groups in total. The molecular formula is C28H23N7OS. The van der Waals surface area contributed by atoms with E-state index in [1.165, 1.54) is 0 Å². The summed E-state index contributed by atoms with van der Waals surface area (Å²) in [6, 6.07) is 12.2. The number of para-hydroxylation sites is 1. The standard InChI is InChI=1S/C28H23N7OS/c1-2-25(36)33-20-10-18(12-30-14-20)19-11-22-24(32-13-19)15-29-7-8-31-27(22)28-34-23-5-3-4-21(26(23)35-28)17-6-9-37-16-17/h3-7,9-14,16H,2,8,15H2,1H3,(H,33,36)(H,34,35). The molecule has 9 heteroatoms. The minimum atomic E-state index is -0.0609. The van der Waals surface area contributed by atoms with Gasteiger partial charge in [-0.15, -0.1) is 0 Å². The average molecular weight is 506 g/mol. The molecule has 1 aliphatic rings. The van der Waals surface area contributed by atoms with Gasteiger partial charge in [-0.25, -0.2) is 4.98 Å². The van der Waals surface area contributed by atoms with E-state index >= 15 is 0 Å². The van der Waals surface area contributed by atoms with Crippen LogP contribution in [0, 0.1) is 0 Å². The molecule has 8 nitrogen and oxygen atoms in total. The summed E-state index contributed by atoms with van der Waals surface area (Å²) in [4.78, 5) is 38.7. The Labute approximate surface area is 217 Å². The molecule has 0 atom stereocenters. The van der Waals surface area contributed by atoms with Crippen LogP contribution in [0.25, 0.3) is 33.3 Å². The highest BCUT2D eigenvalue weighted by Gasteiger charge is 2.20. The number of aromatic nitrogens is 4. The predicted octanol–water partition coefficient (Wildman–Crippen LogP) is 5.52. The van der Waals surface area contributed by atoms with Crippen LogP contribution in [0.15, 0.2) is 75.7 Å². The van der Waals surface area contributed by atoms with Gasteiger partial charge in [0.25, 0.3) is 0 Å². The zero-order valence-corrected chi connectivity index (χ0v) is 20.9. The third-order valence-electron chi connectivity index (χ3n) is 6.17. The van der Waals surface area contributed by atoms with E-state index in [1.54, 1.807) is 23.7 Å². The topological polar surface area (TPSA) is 108 Å². The Balaban J connectivity index is 1.45. The summed E-state index contributed by atoms with van der Waals surface area (Å²) >= 11 is 1.67. The Morgan fingerprint density at radius 2 is 2.00 bits per heavy atom. The lowest BCUT2D eigenvalue weighted by atomic mass is 10.0. The number of rotatable bonds is 5. The molecule has 1 aromatic carbocycles. The quantitative estimate of drug-likeness (QED) is 0.328. The average Bonchev–Trinajstić information content (AvgIpc) is 3.59. The second-order valence-electron chi connectivity index (χ2n) is 8.59. The number of nitrogens with zero attached hydrogens (tertiary/aromatic N) is 5. The molecule has 4 aromatic heterocycles. The summed E-state index contributed by atoms with van der Waals surface area (Å²) in [6.45, 7) is 2.73. The van der Waals surface area contributed by atoms with Gasteiger partial charge in [0.1, 0.15) is 5.71 Å². The van der Waals surface area contributed by atoms with Crippen LogP contribution in [0.3, 0.4) is 0 Å². The van der Waals surface area contributed by atoms with Gasteiger partial charge in [-0.3, -0.25) is 24.7 Å². The van der Waals surface area contributed by atoms with Crippen molar-refractivity contribution in [1.29, 1.82) is 0 Å². The Morgan fingerprint density at radius 1 is 1.08 bits per heavy atom. The molecule has 5 aromatic rings. The van der Waals surface area contributed by atoms with Gasteiger partial charge in [0, 0.05) is 47.3 Å². The molecular weight excluding hydrogens is 482 g/mol. The molecule has 0 unspecified atom stereocenters. The van der Waals surface area contributed by atoms with E-state index in [2.05, 4.69) is 49.2 Å². The first-order valence-corrected chi connectivity index (χ1v) is 12.9. The summed E-state index contributed by atoms with van der Waals surface area (Å²) < 4.78 is 0. The maximum atomic E-state index is 11.9. The number of hydrogen-bond acceptors (Lipinski definition) is 7. The van der Waals surface area contributed by atoms with E-state index in [0.29, 0.717) is 31.0 Å². The molecule has 0 saturated heterocycles. The van der Waals surface area contributed by atoms with Gasteiger partial charge in [-0.2, -0.15) is 11.3 Å². The van der Waals surface area contributed by atoms with E-state index in [0.717, 1.165) is 50.3 Å². The number of hydrogen-bond donors (Lipinski definition) is 2. The molecule has 6 rings (SSSR count). The van der Waals surface area contributed by atoms with Gasteiger partial charge >= 0.3 is 0 Å². The second-order valence-corrected chi connectivity index (χ2v) is 9.37. The van der Waals surface area contributed by atoms with Crippen molar-refractivity contribution in [3.8, 4) is 22.3 Å². The molecule has 182 valence electrons. The van der Waals surface area contributed by atoms with E-state index < -0.39 is 0 Å². The van der Waals surface area contributed by atoms with Gasteiger partial charge in [-0.1, -0.05) is 19.1 Å². The summed E-state index contributed by atoms with van der Waals surface area (Å²) in [5.41, 5.74) is 8.87. The lowest BCUT2D eigenvalue weighted by Gasteiger charge is -2.13. The second kappa shape index (κ2) is 9.87. The summed E-state index contributed by atoms with van der Waals surface area (Å²) in [5, 5.41) is 7.07. The molecule has 0 fully saturated rings. The van der Waals surface area contributed by atoms with E-state index in [4.69, 9.17) is 15.0 Å². The summed E-state index contributed by atoms with van der Waals surface area (Å²) in [6.07, 6.45) is 7.41. The monoisotopic (exact) mass is 505 g/mol. The number of aromatic amines is 1. The minimum absolute atomic E-state index is 0.0609. The molecule has 0 radical (unpaired) electrons. The number of anilines is 1. The fourth-order valence-electron chi connectivity index (χ4n) is 4.32. The third-order valence-corrected chi connectivity index (χ3v) is 6.86. The number of thiophene rings is 1. The van der Waals surface area contributed by atoms with Gasteiger partial charge in [0.15, 0.2) is 5.82 Å². The molecule has 37 heavy (non-hydrogen) atoms. The number of pyridine rings is 2. The van der Waals surface area contributed by atoms with E-state index in [-0.39, 0.29) is 5.91 Å². The lowest BCUT2D eigenvalue weighted by Crippen LogP contribution is -2.13. The number of nitrogens with one attached hydrogen (secondary N) is 2. The van der Waals surface area contributed by atoms with Gasteiger partial charge in [-0.05, 0) is 40.6 Å². The largest absolute Gasteiger partial charge is 0.337 e. The van der Waals surface area contributed by atoms with E-state index in [1.807, 2.05) is 37.5 Å². The maximum absolute atomic E-state index is 11.9. The van der Waals surface area contributed by atoms with Gasteiger partial charge in [0.2, 0.25) is 5.91 Å². The third kappa shape index (κ3) is 4.56. The highest BCUT2D eigenvalue weighted by Crippen LogP contribution is 2.30. The van der Waals surface area contributed by atoms with Crippen LogP contribution >= 0.6 is 11.3 Å². The number of aliphatic imine (C=N–C) groups is 2. The number of fused-ring (bicyclic) bond motifs is 2. The smallest absolute Gasteiger partial charge is 0.224 e. The zero-order chi connectivity index (χ0) is 25.2. The number of H-pyrrole nitrogens is 1. The van der Waals surface area contributed by atoms with Crippen molar-refractivity contribution in [3.05, 3.63) is 82.8 Å². The molecule has 1 amide bonds. The van der Waals surface area contributed by atoms with Crippen molar-refractivity contribution in [2.24, 2.45) is 9.98 Å². The van der Waals surface area contributed by atoms with Crippen molar-refractivity contribution in [2.75, 3.05) is 11.9 Å². The fraction of sp³-hybridized carbons (Fsp3) is 0.143. The van der Waals surface area contributed by atoms with Crippen LogP contribution in [0.2, 0.25) is 0 Å². The molecule has 5 heterocycles. The minimum Gasteiger partial charge on any atom is -0.337 e. The van der Waals surface area contributed by atoms with Crippen LogP contribution in [0.4, 0.5) is 5.69 Å². The maximum Gasteiger partial charge on any atom is 0.224 e. The van der Waals surface area contributed by atoms with Crippen molar-refractivity contribution in [1.82, 2.24) is 19.9 Å². The van der Waals surface area contributed by atoms with Crippen molar-refractivity contribution < 1.29 is 4.79 Å². The van der Waals surface area contributed by atoms with Crippen molar-refractivity contribution >= 4 is 45.9 Å². The highest BCUT2D eigenvalue weighted by molar-refractivity contribution is 7.08. The Hall–Kier alpha value is -4.50. The SMILES string of the molecule is CCC(=O)Nc1cncc(-c2cnc3c(c2)C(c2nc4c(-c5ccsc5)cccc4[nH]2)=NCC=NC3)c1. The number of amides is 1. The van der Waals surface area contributed by atoms with Crippen LogP contribution in [0.5, 0.6) is 0 Å².